The molecule has 0 atom stereocenters. The van der Waals surface area contributed by atoms with E-state index < -0.39 is 0 Å². The Bertz CT molecular complexity index is 348. The van der Waals surface area contributed by atoms with Gasteiger partial charge in [0.2, 0.25) is 0 Å². The van der Waals surface area contributed by atoms with Crippen LogP contribution in [-0.2, 0) is 0 Å². The molecule has 0 saturated heterocycles. The number of nitrogens with one attached hydrogen (secondary N) is 1. The Morgan fingerprint density at radius 1 is 1.14 bits per heavy atom. The van der Waals surface area contributed by atoms with Crippen molar-refractivity contribution in [3.8, 4) is 0 Å². The fourth-order valence-corrected chi connectivity index (χ4v) is 1.17. The summed E-state index contributed by atoms with van der Waals surface area (Å²) in [6, 6.07) is 8.17. The Morgan fingerprint density at radius 3 is 2.64 bits per heavy atom. The first-order valence-electron chi connectivity index (χ1n) is 4.61. The first-order valence-corrected chi connectivity index (χ1v) is 4.61. The summed E-state index contributed by atoms with van der Waals surface area (Å²) in [7, 11) is 1.92. The molecule has 1 rings (SSSR count). The van der Waals surface area contributed by atoms with Gasteiger partial charge in [0.05, 0.1) is 0 Å². The van der Waals surface area contributed by atoms with Crippen LogP contribution in [0.4, 0.5) is 5.69 Å². The highest BCUT2D eigenvalue weighted by molar-refractivity contribution is 5.66. The molecule has 0 spiro atoms. The van der Waals surface area contributed by atoms with Crippen LogP contribution in [0.15, 0.2) is 55.1 Å². The molecule has 0 radical (unpaired) electrons. The molecule has 14 heavy (non-hydrogen) atoms. The van der Waals surface area contributed by atoms with E-state index in [9.17, 15) is 0 Å². The highest BCUT2D eigenvalue weighted by atomic mass is 14.8. The Morgan fingerprint density at radius 2 is 1.93 bits per heavy atom. The second-order valence-electron chi connectivity index (χ2n) is 2.82. The van der Waals surface area contributed by atoms with Gasteiger partial charge >= 0.3 is 0 Å². The fourth-order valence-electron chi connectivity index (χ4n) is 1.17. The van der Waals surface area contributed by atoms with Crippen molar-refractivity contribution in [3.63, 3.8) is 0 Å². The van der Waals surface area contributed by atoms with E-state index in [-0.39, 0.29) is 0 Å². The summed E-state index contributed by atoms with van der Waals surface area (Å²) < 4.78 is 0. The molecule has 0 amide bonds. The molecule has 1 aromatic rings. The molecule has 0 aliphatic carbocycles. The summed E-state index contributed by atoms with van der Waals surface area (Å²) in [4.78, 5) is 0. The molecule has 1 nitrogen and oxygen atoms in total. The van der Waals surface area contributed by atoms with Gasteiger partial charge in [-0.1, -0.05) is 55.2 Å². The third-order valence-corrected chi connectivity index (χ3v) is 1.86. The van der Waals surface area contributed by atoms with Crippen molar-refractivity contribution in [2.24, 2.45) is 0 Å². The van der Waals surface area contributed by atoms with Gasteiger partial charge in [0.1, 0.15) is 0 Å². The molecule has 0 unspecified atom stereocenters. The van der Waals surface area contributed by atoms with Crippen molar-refractivity contribution < 1.29 is 0 Å². The molecule has 1 aromatic carbocycles. The lowest BCUT2D eigenvalue weighted by atomic mass is 10.1. The van der Waals surface area contributed by atoms with E-state index in [1.807, 2.05) is 37.4 Å². The predicted molar refractivity (Wildman–Crippen MR) is 64.4 cm³/mol. The van der Waals surface area contributed by atoms with Crippen LogP contribution in [-0.4, -0.2) is 7.05 Å². The van der Waals surface area contributed by atoms with Crippen molar-refractivity contribution in [2.45, 2.75) is 0 Å². The van der Waals surface area contributed by atoms with Gasteiger partial charge in [-0.2, -0.15) is 0 Å². The number of anilines is 1. The van der Waals surface area contributed by atoms with Crippen LogP contribution in [0.25, 0.3) is 6.08 Å². The van der Waals surface area contributed by atoms with Gasteiger partial charge in [-0.3, -0.25) is 0 Å². The molecular formula is C13H15N. The fraction of sp³-hybridized carbons (Fsp3) is 0.0769. The molecule has 0 saturated carbocycles. The summed E-state index contributed by atoms with van der Waals surface area (Å²) in [5.41, 5.74) is 2.32. The van der Waals surface area contributed by atoms with Crippen LogP contribution < -0.4 is 5.32 Å². The molecular weight excluding hydrogens is 170 g/mol. The SMILES string of the molecule is C=C/C=C\C=C\c1ccccc1NC. The van der Waals surface area contributed by atoms with Crippen molar-refractivity contribution >= 4 is 11.8 Å². The van der Waals surface area contributed by atoms with Gasteiger partial charge in [-0.15, -0.1) is 0 Å². The maximum Gasteiger partial charge on any atom is 0.0411 e. The Balaban J connectivity index is 2.79. The van der Waals surface area contributed by atoms with E-state index in [0.29, 0.717) is 0 Å². The maximum absolute atomic E-state index is 3.61. The van der Waals surface area contributed by atoms with Crippen LogP contribution in [0.2, 0.25) is 0 Å². The van der Waals surface area contributed by atoms with E-state index in [0.717, 1.165) is 5.69 Å². The second-order valence-corrected chi connectivity index (χ2v) is 2.82. The number of allylic oxidation sites excluding steroid dienone is 4. The topological polar surface area (TPSA) is 12.0 Å². The molecule has 1 N–H and O–H groups in total. The number of rotatable bonds is 4. The zero-order chi connectivity index (χ0) is 10.2. The van der Waals surface area contributed by atoms with Gasteiger partial charge in [-0.05, 0) is 11.6 Å². The molecule has 1 heteroatoms. The van der Waals surface area contributed by atoms with E-state index in [2.05, 4.69) is 30.1 Å². The number of benzene rings is 1. The van der Waals surface area contributed by atoms with E-state index in [4.69, 9.17) is 0 Å². The lowest BCUT2D eigenvalue weighted by Crippen LogP contribution is -1.89. The number of para-hydroxylation sites is 1. The number of hydrogen-bond acceptors (Lipinski definition) is 1. The molecule has 0 fully saturated rings. The molecule has 0 heterocycles. The third-order valence-electron chi connectivity index (χ3n) is 1.86. The van der Waals surface area contributed by atoms with E-state index in [1.165, 1.54) is 5.56 Å². The molecule has 0 aliphatic rings. The third kappa shape index (κ3) is 2.94. The maximum atomic E-state index is 3.61. The highest BCUT2D eigenvalue weighted by Crippen LogP contribution is 2.15. The summed E-state index contributed by atoms with van der Waals surface area (Å²) >= 11 is 0. The normalized spacial score (nSPS) is 10.9. The average molecular weight is 185 g/mol. The standard InChI is InChI=1S/C13H15N/c1-3-4-5-6-9-12-10-7-8-11-13(12)14-2/h3-11,14H,1H2,2H3/b5-4-,9-6+. The van der Waals surface area contributed by atoms with Crippen LogP contribution in [0.1, 0.15) is 5.56 Å². The Labute approximate surface area is 85.5 Å². The minimum absolute atomic E-state index is 1.13. The predicted octanol–water partition coefficient (Wildman–Crippen LogP) is 3.48. The smallest absolute Gasteiger partial charge is 0.0411 e. The lowest BCUT2D eigenvalue weighted by Gasteiger charge is -2.03. The highest BCUT2D eigenvalue weighted by Gasteiger charge is 1.92. The summed E-state index contributed by atoms with van der Waals surface area (Å²) in [5.74, 6) is 0. The molecule has 0 aliphatic heterocycles. The van der Waals surface area contributed by atoms with Gasteiger partial charge in [0.15, 0.2) is 0 Å². The summed E-state index contributed by atoms with van der Waals surface area (Å²) in [6.07, 6.45) is 9.68. The average Bonchev–Trinajstić information content (AvgIpc) is 2.25. The van der Waals surface area contributed by atoms with Crippen LogP contribution in [0.5, 0.6) is 0 Å². The van der Waals surface area contributed by atoms with Crippen molar-refractivity contribution in [1.29, 1.82) is 0 Å². The van der Waals surface area contributed by atoms with Crippen LogP contribution in [0, 0.1) is 0 Å². The van der Waals surface area contributed by atoms with E-state index in [1.54, 1.807) is 6.08 Å². The van der Waals surface area contributed by atoms with Gasteiger partial charge < -0.3 is 5.32 Å². The Hall–Kier alpha value is -1.76. The van der Waals surface area contributed by atoms with Crippen molar-refractivity contribution in [2.75, 3.05) is 12.4 Å². The summed E-state index contributed by atoms with van der Waals surface area (Å²) in [5, 5.41) is 3.14. The number of hydrogen-bond donors (Lipinski definition) is 1. The lowest BCUT2D eigenvalue weighted by molar-refractivity contribution is 1.49. The second kappa shape index (κ2) is 5.81. The molecule has 0 aromatic heterocycles. The van der Waals surface area contributed by atoms with E-state index >= 15 is 0 Å². The first kappa shape index (κ1) is 10.3. The largest absolute Gasteiger partial charge is 0.388 e. The summed E-state index contributed by atoms with van der Waals surface area (Å²) in [6.45, 7) is 3.61. The van der Waals surface area contributed by atoms with Crippen LogP contribution >= 0.6 is 0 Å². The van der Waals surface area contributed by atoms with Crippen molar-refractivity contribution in [3.05, 3.63) is 60.7 Å². The molecule has 0 bridgehead atoms. The van der Waals surface area contributed by atoms with Gasteiger partial charge in [-0.25, -0.2) is 0 Å². The Kier molecular flexibility index (Phi) is 4.29. The van der Waals surface area contributed by atoms with Crippen molar-refractivity contribution in [1.82, 2.24) is 0 Å². The quantitative estimate of drug-likeness (QED) is 0.708. The minimum Gasteiger partial charge on any atom is -0.388 e. The first-order chi connectivity index (χ1) is 6.88. The minimum atomic E-state index is 1.13. The van der Waals surface area contributed by atoms with Crippen LogP contribution in [0.3, 0.4) is 0 Å². The monoisotopic (exact) mass is 185 g/mol. The molecule has 72 valence electrons. The van der Waals surface area contributed by atoms with Gasteiger partial charge in [0, 0.05) is 12.7 Å². The zero-order valence-corrected chi connectivity index (χ0v) is 8.40. The zero-order valence-electron chi connectivity index (χ0n) is 8.40. The van der Waals surface area contributed by atoms with Gasteiger partial charge in [0.25, 0.3) is 0 Å².